The molecule has 11 saturated heterocycles. The Labute approximate surface area is 774 Å². The van der Waals surface area contributed by atoms with E-state index in [1.165, 1.54) is 6.92 Å². The number of aliphatic hydroxyl groups is 28. The fraction of sp³-hybridized carbons (Fsp3) is 0.921. The van der Waals surface area contributed by atoms with E-state index >= 15 is 0 Å². The molecule has 0 unspecified atom stereocenters. The Morgan fingerprint density at radius 1 is 0.226 bits per heavy atom. The van der Waals surface area contributed by atoms with Crippen LogP contribution >= 0.6 is 0 Å². The van der Waals surface area contributed by atoms with Crippen LogP contribution < -0.4 is 26.6 Å². The van der Waals surface area contributed by atoms with Crippen LogP contribution in [0.25, 0.3) is 0 Å². The fourth-order valence-electron chi connectivity index (χ4n) is 17.6. The molecule has 11 fully saturated rings. The van der Waals surface area contributed by atoms with E-state index in [1.54, 1.807) is 0 Å². The van der Waals surface area contributed by atoms with Gasteiger partial charge in [0.25, 0.3) is 0 Å². The summed E-state index contributed by atoms with van der Waals surface area (Å²) in [5.41, 5.74) is 0. The normalized spacial score (nSPS) is 48.9. The van der Waals surface area contributed by atoms with E-state index in [1.807, 2.05) is 0 Å². The van der Waals surface area contributed by atoms with E-state index in [-0.39, 0.29) is 0 Å². The number of ether oxygens (including phenoxy) is 21. The van der Waals surface area contributed by atoms with Gasteiger partial charge in [-0.1, -0.05) is 0 Å². The van der Waals surface area contributed by atoms with Crippen LogP contribution in [0, 0.1) is 0 Å². The first kappa shape index (κ1) is 112. The minimum atomic E-state index is -2.63. The Hall–Kier alpha value is -5.14. The Morgan fingerprint density at radius 2 is 0.518 bits per heavy atom. The Kier molecular flexibility index (Phi) is 39.9. The van der Waals surface area contributed by atoms with Gasteiger partial charge in [-0.3, -0.25) is 24.0 Å². The molecular formula is C76H125N5O56. The van der Waals surface area contributed by atoms with Crippen molar-refractivity contribution in [1.29, 1.82) is 0 Å². The lowest BCUT2D eigenvalue weighted by molar-refractivity contribution is -0.397. The number of aliphatic carboxylic acids is 1. The SMILES string of the molecule is CC(=O)N[C@@H]1[C@@H](O)[C@H](O[C@@H]2O[C@H](CO)[C@@H](O[C@@H]3O[C@H](CO[C@H]4O[C@H](CO)[C@@H](O)[C@H](O)[C@@H]4O[C@@H]4O[C@H](CO)[C@@H](O[C@@H]5O[C@H](CO)[C@H](O)[C@H](O[C@@H]6O[C@H](CO)[C@H](O)[C@H](O[C@@H]7O[C@H](C(=O)O)[C@@H](O)[C@H](O)[C@H]7O)[C@H]6O)[C@H]5NC(C)=O)[C@H](O)[C@H]4NC(C)=O)[C@@H](O)[C@H](O[C@H]4O[C@H](CO)[C@@H](O)[C@H](O)[C@@H]4O[C@@H]4O[C@H](CO)[C@@H](O)[C@H](O)[C@H]4NC(C)=O)[C@@H]3O)[C@H](O)[C@H]2NC(C)=O)[C@@H](CO[C@@H]2O[C@@H](C)[C@@H](O)[C@@H](O)[C@@H]2O)O[C@H]1O. The number of rotatable bonds is 35. The van der Waals surface area contributed by atoms with Gasteiger partial charge in [-0.05, 0) is 6.92 Å². The Balaban J connectivity index is 0.895. The molecular weight excluding hydrogens is 1880 g/mol. The smallest absolute Gasteiger partial charge is 0.335 e. The van der Waals surface area contributed by atoms with Gasteiger partial charge >= 0.3 is 5.97 Å². The monoisotopic (exact) mass is 2000 g/mol. The van der Waals surface area contributed by atoms with Crippen LogP contribution in [0.4, 0.5) is 0 Å². The van der Waals surface area contributed by atoms with Crippen molar-refractivity contribution >= 4 is 35.5 Å². The zero-order valence-electron chi connectivity index (χ0n) is 73.6. The molecule has 34 N–H and O–H groups in total. The number of amides is 5. The first-order valence-corrected chi connectivity index (χ1v) is 43.5. The third-order valence-corrected chi connectivity index (χ3v) is 24.9. The van der Waals surface area contributed by atoms with Gasteiger partial charge in [0.15, 0.2) is 75.3 Å². The molecule has 0 aromatic carbocycles. The fourth-order valence-corrected chi connectivity index (χ4v) is 17.6. The van der Waals surface area contributed by atoms with Gasteiger partial charge < -0.3 is 274 Å². The lowest BCUT2D eigenvalue weighted by atomic mass is 9.93. The predicted octanol–water partition coefficient (Wildman–Crippen LogP) is -23.1. The van der Waals surface area contributed by atoms with Gasteiger partial charge in [-0.25, -0.2) is 4.79 Å². The summed E-state index contributed by atoms with van der Waals surface area (Å²) in [4.78, 5) is 77.0. The Bertz CT molecular complexity index is 3860. The van der Waals surface area contributed by atoms with Crippen molar-refractivity contribution in [2.24, 2.45) is 0 Å². The van der Waals surface area contributed by atoms with Crippen molar-refractivity contribution in [2.75, 3.05) is 59.5 Å². The van der Waals surface area contributed by atoms with E-state index in [9.17, 15) is 177 Å². The van der Waals surface area contributed by atoms with Crippen molar-refractivity contribution in [3.8, 4) is 0 Å². The van der Waals surface area contributed by atoms with E-state index < -0.39 is 432 Å². The molecule has 0 radical (unpaired) electrons. The average Bonchev–Trinajstić information content (AvgIpc) is 0.765. The topological polar surface area (TPSA) is 943 Å². The van der Waals surface area contributed by atoms with Crippen LogP contribution in [-0.4, -0.2) is 581 Å². The summed E-state index contributed by atoms with van der Waals surface area (Å²) >= 11 is 0. The lowest BCUT2D eigenvalue weighted by Crippen LogP contribution is -2.71. The molecule has 0 saturated carbocycles. The highest BCUT2D eigenvalue weighted by atomic mass is 16.8. The molecule has 11 heterocycles. The minimum Gasteiger partial charge on any atom is -0.479 e. The van der Waals surface area contributed by atoms with Crippen LogP contribution in [0.3, 0.4) is 0 Å². The molecule has 790 valence electrons. The molecule has 11 rings (SSSR count). The first-order chi connectivity index (χ1) is 64.7. The molecule has 0 bridgehead atoms. The minimum absolute atomic E-state index is 0.857. The number of aliphatic hydroxyl groups excluding tert-OH is 28. The maximum atomic E-state index is 13.3. The van der Waals surface area contributed by atoms with Crippen LogP contribution in [0.1, 0.15) is 41.5 Å². The highest BCUT2D eigenvalue weighted by molar-refractivity contribution is 5.75. The maximum Gasteiger partial charge on any atom is 0.335 e. The second-order valence-corrected chi connectivity index (χ2v) is 34.6. The summed E-state index contributed by atoms with van der Waals surface area (Å²) in [6, 6.07) is -9.75. The van der Waals surface area contributed by atoms with Crippen molar-refractivity contribution in [3.05, 3.63) is 0 Å². The van der Waals surface area contributed by atoms with Crippen molar-refractivity contribution in [1.82, 2.24) is 26.6 Å². The Morgan fingerprint density at radius 3 is 0.978 bits per heavy atom. The van der Waals surface area contributed by atoms with E-state index in [2.05, 4.69) is 26.6 Å². The van der Waals surface area contributed by atoms with E-state index in [0.29, 0.717) is 0 Å². The van der Waals surface area contributed by atoms with Crippen molar-refractivity contribution in [2.45, 2.75) is 379 Å². The molecule has 137 heavy (non-hydrogen) atoms. The van der Waals surface area contributed by atoms with Gasteiger partial charge in [0.2, 0.25) is 29.5 Å². The van der Waals surface area contributed by atoms with Crippen molar-refractivity contribution in [3.63, 3.8) is 0 Å². The summed E-state index contributed by atoms with van der Waals surface area (Å²) in [7, 11) is 0. The van der Waals surface area contributed by atoms with Gasteiger partial charge in [-0.2, -0.15) is 0 Å². The zero-order valence-corrected chi connectivity index (χ0v) is 73.6. The van der Waals surface area contributed by atoms with Gasteiger partial charge in [0.1, 0.15) is 256 Å². The summed E-state index contributed by atoms with van der Waals surface area (Å²) in [6.45, 7) is -4.57. The van der Waals surface area contributed by atoms with Gasteiger partial charge in [0.05, 0.1) is 65.6 Å². The van der Waals surface area contributed by atoms with Gasteiger partial charge in [0, 0.05) is 34.6 Å². The molecule has 0 spiro atoms. The number of carbonyl (C=O) groups is 6. The number of hydrogen-bond acceptors (Lipinski definition) is 55. The summed E-state index contributed by atoms with van der Waals surface area (Å²) in [6.07, 6.45) is -108. The lowest BCUT2D eigenvalue weighted by Gasteiger charge is -2.51. The van der Waals surface area contributed by atoms with Crippen LogP contribution in [0.15, 0.2) is 0 Å². The zero-order chi connectivity index (χ0) is 101. The predicted molar refractivity (Wildman–Crippen MR) is 419 cm³/mol. The quantitative estimate of drug-likeness (QED) is 0.0280. The van der Waals surface area contributed by atoms with Crippen LogP contribution in [0.2, 0.25) is 0 Å². The third kappa shape index (κ3) is 25.0. The second-order valence-electron chi connectivity index (χ2n) is 34.6. The number of carboxylic acid groups (broad SMARTS) is 1. The average molecular weight is 2000 g/mol. The van der Waals surface area contributed by atoms with E-state index in [4.69, 9.17) is 99.5 Å². The molecule has 11 aliphatic heterocycles. The highest BCUT2D eigenvalue weighted by Crippen LogP contribution is 2.42. The molecule has 0 aromatic rings. The number of carbonyl (C=O) groups excluding carboxylic acids is 5. The second kappa shape index (κ2) is 48.7. The summed E-state index contributed by atoms with van der Waals surface area (Å²) in [5, 5.41) is 337. The third-order valence-electron chi connectivity index (χ3n) is 24.9. The van der Waals surface area contributed by atoms with Crippen LogP contribution in [-0.2, 0) is 128 Å². The molecule has 61 heteroatoms. The molecule has 55 atom stereocenters. The largest absolute Gasteiger partial charge is 0.479 e. The maximum absolute atomic E-state index is 13.3. The molecule has 0 aromatic heterocycles. The standard InChI is InChI=1S/C76H125N5O56/c1-16-36(94)47(105)52(110)71(119-16)117-15-30-58(44(102)31(66(116)120-30)77-17(2)89)130-68-33(79-19(4)91)46(104)57(28(13-88)126-68)131-74-55(113)61(134-76-64(50(108)39(97)24(9-84)125-76)137-67-32(78-18(3)90)43(101)37(95)22(7-82)121-67)42(100)29(128-74)14-118-75-63(49(107)38(96)23(8-83)124-75)136-69-34(80-20(5)92)45(103)56(27(12-87)127-69)129-70-35(81-21(6)93)59(40(98)25(10-85)122-70)132-73-54(112)60(41(99)26(11-86)123-73)133-72-53(111)48(106)51(109)62(135-72)65(114)115/h16,22-64,66-76,82-88,94-113,116H,7-15H2,1-6H3,(H,77,89)(H,78,90)(H,79,91)(H,80,92)(H,81,93)(H,114,115)/t16-,22+,23+,24+,25+,26+,27+,28+,29+,30+,31+,32+,33+,34+,35+,36+,37+,38+,39+,40-,41-,42+,43+,44+,45+,46+,47+,48-,49-,50-,51-,52-,53+,54+,55-,56+,57+,58+,59+,60-,61-,62-,63-,64-,66+,67-,68-,69-,70-,71+,72+,73-,74-,75-,76+/m0/s1. The van der Waals surface area contributed by atoms with E-state index in [0.717, 1.165) is 34.6 Å². The number of hydrogen-bond donors (Lipinski definition) is 34. The molecule has 5 amide bonds. The number of carboxylic acids is 1. The first-order valence-electron chi connectivity index (χ1n) is 43.5. The van der Waals surface area contributed by atoms with Crippen LogP contribution in [0.5, 0.6) is 0 Å². The summed E-state index contributed by atoms with van der Waals surface area (Å²) in [5.74, 6) is -6.70. The van der Waals surface area contributed by atoms with Crippen molar-refractivity contribution < 1.29 is 276 Å². The van der Waals surface area contributed by atoms with Gasteiger partial charge in [-0.15, -0.1) is 0 Å². The summed E-state index contributed by atoms with van der Waals surface area (Å²) < 4.78 is 125. The molecule has 0 aliphatic carbocycles. The number of nitrogens with one attached hydrogen (secondary N) is 5. The molecule has 61 nitrogen and oxygen atoms in total. The molecule has 11 aliphatic rings. The highest BCUT2D eigenvalue weighted by Gasteiger charge is 2.63.